The fourth-order valence-electron chi connectivity index (χ4n) is 4.76. The smallest absolute Gasteiger partial charge is 0.224 e. The molecule has 0 saturated heterocycles. The van der Waals surface area contributed by atoms with Crippen LogP contribution in [-0.4, -0.2) is 18.5 Å². The first kappa shape index (κ1) is 21.0. The molecule has 0 aliphatic heterocycles. The van der Waals surface area contributed by atoms with E-state index in [9.17, 15) is 4.79 Å². The van der Waals surface area contributed by atoms with Crippen LogP contribution in [0.3, 0.4) is 0 Å². The molecular formula is C20H39N3O. The van der Waals surface area contributed by atoms with Gasteiger partial charge in [0.25, 0.3) is 0 Å². The second-order valence-corrected chi connectivity index (χ2v) is 8.74. The Morgan fingerprint density at radius 3 is 2.38 bits per heavy atom. The lowest BCUT2D eigenvalue weighted by molar-refractivity contribution is -0.137. The lowest BCUT2D eigenvalue weighted by Gasteiger charge is -2.48. The van der Waals surface area contributed by atoms with Gasteiger partial charge in [-0.05, 0) is 49.4 Å². The third-order valence-corrected chi connectivity index (χ3v) is 5.71. The van der Waals surface area contributed by atoms with E-state index >= 15 is 0 Å². The fourth-order valence-corrected chi connectivity index (χ4v) is 4.76. The van der Waals surface area contributed by atoms with Gasteiger partial charge in [-0.2, -0.15) is 0 Å². The molecule has 0 aromatic carbocycles. The molecule has 4 atom stereocenters. The van der Waals surface area contributed by atoms with E-state index in [4.69, 9.17) is 11.5 Å². The van der Waals surface area contributed by atoms with Crippen LogP contribution < -0.4 is 16.8 Å². The Bertz CT molecular complexity index is 433. The monoisotopic (exact) mass is 337 g/mol. The van der Waals surface area contributed by atoms with Crippen molar-refractivity contribution in [1.82, 2.24) is 5.32 Å². The van der Waals surface area contributed by atoms with Crippen LogP contribution in [0.25, 0.3) is 0 Å². The standard InChI is InChI=1S/C20H39N3O/c1-13(2)9-17(23-16(6)12-21)11-20(19(22)24)10-15(5)7-8-18(20)14(3)4/h13-15,17-18,23H,6-12,21H2,1-5H3,(H2,22,24)/t15?,17-,18?,20?/m0/s1. The summed E-state index contributed by atoms with van der Waals surface area (Å²) in [4.78, 5) is 12.7. The molecule has 0 spiro atoms. The largest absolute Gasteiger partial charge is 0.385 e. The summed E-state index contributed by atoms with van der Waals surface area (Å²) >= 11 is 0. The molecule has 0 radical (unpaired) electrons. The van der Waals surface area contributed by atoms with Crippen LogP contribution in [0, 0.1) is 29.1 Å². The molecule has 0 aromatic rings. The van der Waals surface area contributed by atoms with Gasteiger partial charge in [-0.3, -0.25) is 4.79 Å². The Morgan fingerprint density at radius 1 is 1.29 bits per heavy atom. The van der Waals surface area contributed by atoms with Crippen molar-refractivity contribution in [3.63, 3.8) is 0 Å². The van der Waals surface area contributed by atoms with Crippen LogP contribution in [0.5, 0.6) is 0 Å². The zero-order valence-electron chi connectivity index (χ0n) is 16.4. The van der Waals surface area contributed by atoms with Crippen molar-refractivity contribution in [2.45, 2.75) is 72.8 Å². The Morgan fingerprint density at radius 2 is 1.92 bits per heavy atom. The minimum absolute atomic E-state index is 0.123. The highest BCUT2D eigenvalue weighted by molar-refractivity contribution is 5.81. The molecule has 1 amide bonds. The van der Waals surface area contributed by atoms with Crippen LogP contribution in [-0.2, 0) is 4.79 Å². The molecule has 5 N–H and O–H groups in total. The Balaban J connectivity index is 3.12. The number of carbonyl (C=O) groups excluding carboxylic acids is 1. The molecule has 0 heterocycles. The van der Waals surface area contributed by atoms with E-state index in [0.29, 0.717) is 30.2 Å². The van der Waals surface area contributed by atoms with E-state index in [1.807, 2.05) is 0 Å². The van der Waals surface area contributed by atoms with Gasteiger partial charge < -0.3 is 16.8 Å². The number of nitrogens with one attached hydrogen (secondary N) is 1. The van der Waals surface area contributed by atoms with Gasteiger partial charge in [-0.15, -0.1) is 0 Å². The topological polar surface area (TPSA) is 81.1 Å². The third-order valence-electron chi connectivity index (χ3n) is 5.71. The molecule has 0 bridgehead atoms. The molecule has 4 heteroatoms. The highest BCUT2D eigenvalue weighted by Gasteiger charge is 2.49. The maximum Gasteiger partial charge on any atom is 0.224 e. The normalized spacial score (nSPS) is 28.8. The summed E-state index contributed by atoms with van der Waals surface area (Å²) in [5, 5.41) is 3.47. The second kappa shape index (κ2) is 8.89. The summed E-state index contributed by atoms with van der Waals surface area (Å²) in [5.74, 6) is 1.78. The Kier molecular flexibility index (Phi) is 7.78. The van der Waals surface area contributed by atoms with Crippen LogP contribution in [0.2, 0.25) is 0 Å². The van der Waals surface area contributed by atoms with Crippen molar-refractivity contribution in [3.8, 4) is 0 Å². The molecule has 3 unspecified atom stereocenters. The van der Waals surface area contributed by atoms with Crippen molar-refractivity contribution in [2.75, 3.05) is 6.54 Å². The molecule has 4 nitrogen and oxygen atoms in total. The summed E-state index contributed by atoms with van der Waals surface area (Å²) in [6.45, 7) is 15.5. The molecule has 0 aromatic heterocycles. The summed E-state index contributed by atoms with van der Waals surface area (Å²) in [5.41, 5.74) is 12.2. The third kappa shape index (κ3) is 5.23. The fraction of sp³-hybridized carbons (Fsp3) is 0.850. The highest BCUT2D eigenvalue weighted by atomic mass is 16.1. The number of nitrogens with two attached hydrogens (primary N) is 2. The number of carbonyl (C=O) groups is 1. The lowest BCUT2D eigenvalue weighted by atomic mass is 9.57. The van der Waals surface area contributed by atoms with Gasteiger partial charge in [0.05, 0.1) is 5.41 Å². The summed E-state index contributed by atoms with van der Waals surface area (Å²) in [6, 6.07) is 0.195. The van der Waals surface area contributed by atoms with Crippen LogP contribution in [0.4, 0.5) is 0 Å². The number of amides is 1. The van der Waals surface area contributed by atoms with E-state index in [2.05, 4.69) is 46.5 Å². The number of rotatable bonds is 9. The van der Waals surface area contributed by atoms with E-state index in [1.54, 1.807) is 0 Å². The summed E-state index contributed by atoms with van der Waals surface area (Å²) in [7, 11) is 0. The maximum absolute atomic E-state index is 12.7. The first-order valence-corrected chi connectivity index (χ1v) is 9.56. The lowest BCUT2D eigenvalue weighted by Crippen LogP contribution is -2.52. The van der Waals surface area contributed by atoms with E-state index in [1.165, 1.54) is 6.42 Å². The van der Waals surface area contributed by atoms with Crippen LogP contribution in [0.1, 0.15) is 66.7 Å². The average molecular weight is 338 g/mol. The molecular weight excluding hydrogens is 298 g/mol. The summed E-state index contributed by atoms with van der Waals surface area (Å²) in [6.07, 6.45) is 4.96. The van der Waals surface area contributed by atoms with Gasteiger partial charge in [0.15, 0.2) is 0 Å². The van der Waals surface area contributed by atoms with Gasteiger partial charge in [-0.1, -0.05) is 47.6 Å². The van der Waals surface area contributed by atoms with E-state index < -0.39 is 5.41 Å². The predicted molar refractivity (Wildman–Crippen MR) is 102 cm³/mol. The molecule has 1 fully saturated rings. The summed E-state index contributed by atoms with van der Waals surface area (Å²) < 4.78 is 0. The van der Waals surface area contributed by atoms with Gasteiger partial charge in [0, 0.05) is 18.3 Å². The van der Waals surface area contributed by atoms with Crippen molar-refractivity contribution in [2.24, 2.45) is 40.6 Å². The molecule has 140 valence electrons. The Labute approximate surface area is 148 Å². The Hall–Kier alpha value is -1.03. The molecule has 1 aliphatic carbocycles. The van der Waals surface area contributed by atoms with E-state index in [0.717, 1.165) is 31.4 Å². The van der Waals surface area contributed by atoms with Gasteiger partial charge in [-0.25, -0.2) is 0 Å². The number of primary amides is 1. The first-order chi connectivity index (χ1) is 11.1. The molecule has 1 saturated carbocycles. The molecule has 24 heavy (non-hydrogen) atoms. The van der Waals surface area contributed by atoms with Gasteiger partial charge >= 0.3 is 0 Å². The maximum atomic E-state index is 12.7. The quantitative estimate of drug-likeness (QED) is 0.603. The SMILES string of the molecule is C=C(CN)N[C@@H](CC(C)C)CC1(C(N)=O)CC(C)CCC1C(C)C. The minimum Gasteiger partial charge on any atom is -0.385 e. The van der Waals surface area contributed by atoms with Crippen molar-refractivity contribution in [3.05, 3.63) is 12.3 Å². The molecule has 1 rings (SSSR count). The van der Waals surface area contributed by atoms with Crippen molar-refractivity contribution < 1.29 is 4.79 Å². The number of hydrogen-bond donors (Lipinski definition) is 3. The van der Waals surface area contributed by atoms with E-state index in [-0.39, 0.29) is 11.9 Å². The first-order valence-electron chi connectivity index (χ1n) is 9.56. The predicted octanol–water partition coefficient (Wildman–Crippen LogP) is 3.42. The van der Waals surface area contributed by atoms with Crippen LogP contribution >= 0.6 is 0 Å². The average Bonchev–Trinajstić information content (AvgIpc) is 2.45. The second-order valence-electron chi connectivity index (χ2n) is 8.74. The zero-order valence-corrected chi connectivity index (χ0v) is 16.4. The number of hydrogen-bond acceptors (Lipinski definition) is 3. The zero-order chi connectivity index (χ0) is 18.5. The van der Waals surface area contributed by atoms with Crippen molar-refractivity contribution >= 4 is 5.91 Å². The minimum atomic E-state index is -0.423. The highest BCUT2D eigenvalue weighted by Crippen LogP contribution is 2.50. The van der Waals surface area contributed by atoms with Gasteiger partial charge in [0.1, 0.15) is 0 Å². The van der Waals surface area contributed by atoms with Crippen LogP contribution in [0.15, 0.2) is 12.3 Å². The van der Waals surface area contributed by atoms with Gasteiger partial charge in [0.2, 0.25) is 5.91 Å². The molecule has 1 aliphatic rings. The van der Waals surface area contributed by atoms with Crippen molar-refractivity contribution in [1.29, 1.82) is 0 Å².